The summed E-state index contributed by atoms with van der Waals surface area (Å²) in [6.07, 6.45) is 29.5. The highest BCUT2D eigenvalue weighted by Gasteiger charge is 2.27. The second-order valence-electron chi connectivity index (χ2n) is 17.0. The standard InChI is InChI=1S/C51H60O7/c1-33(22-25-42-37(5)20-14-28-50(42,8)9)16-12-18-35(3)30-45(53)56-44-27-24-40-32-41(39(7)52)49(55)58-47(40)48(44)57-46(54)31-36(4)19-13-17-34(2)23-26-43-38(6)21-15-29-51(43,10)11/h12-13,16-19,22-27,30-32H,14-15,20-21,28-29H2,1-11H3/b18-12+,19-13+,25-22+,26-23+,33-16+,34-17+,35-30+,36-31+. The number of carbonyl (C=O) groups is 3. The average molecular weight is 785 g/mol. The van der Waals surface area contributed by atoms with Gasteiger partial charge in [-0.15, -0.1) is 0 Å². The van der Waals surface area contributed by atoms with Crippen molar-refractivity contribution >= 4 is 28.7 Å². The van der Waals surface area contributed by atoms with Crippen molar-refractivity contribution in [1.29, 1.82) is 0 Å². The van der Waals surface area contributed by atoms with Crippen LogP contribution in [0.4, 0.5) is 0 Å². The van der Waals surface area contributed by atoms with Gasteiger partial charge >= 0.3 is 17.6 Å². The monoisotopic (exact) mass is 784 g/mol. The molecule has 0 bridgehead atoms. The SMILES string of the molecule is CC(=O)c1cc2ccc(OC(=O)/C=C(C)/C=C/C=C(C)/C=C/C3=C(C)CCCC3(C)C)c(OC(=O)/C=C(C)/C=C/C=C(C)/C=C/C3=C(C)CCCC3(C)C)c2oc1=O. The van der Waals surface area contributed by atoms with Crippen molar-refractivity contribution in [3.63, 3.8) is 0 Å². The lowest BCUT2D eigenvalue weighted by Crippen LogP contribution is -2.19. The van der Waals surface area contributed by atoms with Crippen LogP contribution in [0.2, 0.25) is 0 Å². The third-order valence-electron chi connectivity index (χ3n) is 10.9. The lowest BCUT2D eigenvalue weighted by molar-refractivity contribution is -0.131. The van der Waals surface area contributed by atoms with Gasteiger partial charge in [0.05, 0.1) is 0 Å². The number of hydrogen-bond acceptors (Lipinski definition) is 7. The molecule has 7 heteroatoms. The molecule has 0 atom stereocenters. The molecule has 2 aliphatic carbocycles. The van der Waals surface area contributed by atoms with Crippen molar-refractivity contribution in [3.05, 3.63) is 152 Å². The predicted molar refractivity (Wildman–Crippen MR) is 236 cm³/mol. The highest BCUT2D eigenvalue weighted by atomic mass is 16.6. The highest BCUT2D eigenvalue weighted by Crippen LogP contribution is 2.42. The summed E-state index contributed by atoms with van der Waals surface area (Å²) in [5.74, 6) is -2.38. The molecule has 0 saturated carbocycles. The zero-order valence-corrected chi connectivity index (χ0v) is 36.3. The maximum absolute atomic E-state index is 13.3. The van der Waals surface area contributed by atoms with Crippen LogP contribution in [0, 0.1) is 10.8 Å². The molecule has 1 aromatic heterocycles. The van der Waals surface area contributed by atoms with E-state index in [-0.39, 0.29) is 33.5 Å². The van der Waals surface area contributed by atoms with E-state index in [2.05, 4.69) is 65.8 Å². The minimum absolute atomic E-state index is 0.132. The van der Waals surface area contributed by atoms with Crippen LogP contribution in [-0.2, 0) is 9.59 Å². The fourth-order valence-corrected chi connectivity index (χ4v) is 7.56. The van der Waals surface area contributed by atoms with Gasteiger partial charge in [0.1, 0.15) is 5.56 Å². The number of esters is 2. The molecule has 1 aromatic carbocycles. The summed E-state index contributed by atoms with van der Waals surface area (Å²) in [4.78, 5) is 51.2. The Kier molecular flexibility index (Phi) is 15.4. The Morgan fingerprint density at radius 3 is 1.62 bits per heavy atom. The number of carbonyl (C=O) groups excluding carboxylic acids is 3. The third-order valence-corrected chi connectivity index (χ3v) is 10.9. The van der Waals surface area contributed by atoms with Gasteiger partial charge in [-0.05, 0) is 138 Å². The van der Waals surface area contributed by atoms with Crippen LogP contribution in [0.1, 0.15) is 125 Å². The number of fused-ring (bicyclic) bond motifs is 1. The molecule has 1 heterocycles. The molecule has 4 rings (SSSR count). The van der Waals surface area contributed by atoms with Gasteiger partial charge in [0.25, 0.3) is 0 Å². The Hall–Kier alpha value is -5.56. The van der Waals surface area contributed by atoms with E-state index >= 15 is 0 Å². The molecular weight excluding hydrogens is 725 g/mol. The zero-order chi connectivity index (χ0) is 42.8. The Labute approximate surface area is 344 Å². The van der Waals surface area contributed by atoms with E-state index < -0.39 is 23.3 Å². The second kappa shape index (κ2) is 19.7. The quantitative estimate of drug-likeness (QED) is 0.0498. The molecule has 7 nitrogen and oxygen atoms in total. The average Bonchev–Trinajstić information content (AvgIpc) is 3.11. The maximum Gasteiger partial charge on any atom is 0.347 e. The van der Waals surface area contributed by atoms with E-state index in [0.29, 0.717) is 16.5 Å². The first-order valence-corrected chi connectivity index (χ1v) is 20.2. The summed E-state index contributed by atoms with van der Waals surface area (Å²) in [7, 11) is 0. The summed E-state index contributed by atoms with van der Waals surface area (Å²) >= 11 is 0. The van der Waals surface area contributed by atoms with Gasteiger partial charge in [0.15, 0.2) is 17.1 Å². The first-order chi connectivity index (χ1) is 27.3. The van der Waals surface area contributed by atoms with Crippen LogP contribution in [-0.4, -0.2) is 17.7 Å². The molecule has 0 N–H and O–H groups in total. The van der Waals surface area contributed by atoms with Gasteiger partial charge in [-0.2, -0.15) is 0 Å². The molecule has 2 aliphatic rings. The maximum atomic E-state index is 13.3. The molecule has 2 aromatic rings. The molecule has 0 fully saturated rings. The van der Waals surface area contributed by atoms with Crippen LogP contribution < -0.4 is 15.1 Å². The van der Waals surface area contributed by atoms with Crippen molar-refractivity contribution in [3.8, 4) is 11.5 Å². The van der Waals surface area contributed by atoms with Crippen LogP contribution in [0.25, 0.3) is 11.0 Å². The molecule has 0 saturated heterocycles. The molecule has 0 spiro atoms. The summed E-state index contributed by atoms with van der Waals surface area (Å²) in [5, 5.41) is 0.314. The van der Waals surface area contributed by atoms with Crippen LogP contribution in [0.3, 0.4) is 0 Å². The minimum atomic E-state index is -0.904. The molecule has 58 heavy (non-hydrogen) atoms. The number of allylic oxidation sites excluding steroid dienone is 18. The summed E-state index contributed by atoms with van der Waals surface area (Å²) in [6, 6.07) is 4.31. The number of hydrogen-bond donors (Lipinski definition) is 0. The van der Waals surface area contributed by atoms with Gasteiger partial charge in [-0.3, -0.25) is 4.79 Å². The van der Waals surface area contributed by atoms with Crippen LogP contribution in [0.15, 0.2) is 145 Å². The largest absolute Gasteiger partial charge is 0.419 e. The van der Waals surface area contributed by atoms with Gasteiger partial charge < -0.3 is 13.9 Å². The summed E-state index contributed by atoms with van der Waals surface area (Å²) in [6.45, 7) is 22.4. The number of ketones is 1. The fourth-order valence-electron chi connectivity index (χ4n) is 7.56. The van der Waals surface area contributed by atoms with E-state index in [0.717, 1.165) is 24.0 Å². The van der Waals surface area contributed by atoms with Crippen molar-refractivity contribution in [1.82, 2.24) is 0 Å². The number of ether oxygens (including phenoxy) is 2. The Morgan fingerprint density at radius 1 is 0.672 bits per heavy atom. The minimum Gasteiger partial charge on any atom is -0.419 e. The van der Waals surface area contributed by atoms with E-state index in [1.165, 1.54) is 85.3 Å². The molecule has 0 unspecified atom stereocenters. The van der Waals surface area contributed by atoms with Crippen LogP contribution in [0.5, 0.6) is 11.5 Å². The summed E-state index contributed by atoms with van der Waals surface area (Å²) < 4.78 is 16.8. The Balaban J connectivity index is 1.52. The number of benzene rings is 1. The summed E-state index contributed by atoms with van der Waals surface area (Å²) in [5.41, 5.74) is 8.11. The van der Waals surface area contributed by atoms with Gasteiger partial charge in [0, 0.05) is 17.5 Å². The molecule has 0 amide bonds. The van der Waals surface area contributed by atoms with Gasteiger partial charge in [-0.1, -0.05) is 111 Å². The first kappa shape index (κ1) is 45.1. The van der Waals surface area contributed by atoms with Crippen molar-refractivity contribution < 1.29 is 28.3 Å². The van der Waals surface area contributed by atoms with E-state index in [1.807, 2.05) is 38.2 Å². The van der Waals surface area contributed by atoms with E-state index in [4.69, 9.17) is 13.9 Å². The molecule has 306 valence electrons. The molecule has 0 aliphatic heterocycles. The van der Waals surface area contributed by atoms with E-state index in [9.17, 15) is 19.2 Å². The van der Waals surface area contributed by atoms with Crippen molar-refractivity contribution in [2.45, 2.75) is 115 Å². The van der Waals surface area contributed by atoms with Crippen molar-refractivity contribution in [2.75, 3.05) is 0 Å². The molecular formula is C51H60O7. The second-order valence-corrected chi connectivity index (χ2v) is 17.0. The molecule has 0 radical (unpaired) electrons. The zero-order valence-electron chi connectivity index (χ0n) is 36.3. The Morgan fingerprint density at radius 2 is 1.16 bits per heavy atom. The Bertz CT molecular complexity index is 2320. The smallest absolute Gasteiger partial charge is 0.347 e. The predicted octanol–water partition coefficient (Wildman–Crippen LogP) is 12.9. The van der Waals surface area contributed by atoms with Gasteiger partial charge in [0.2, 0.25) is 5.75 Å². The first-order valence-electron chi connectivity index (χ1n) is 20.2. The lowest BCUT2D eigenvalue weighted by Gasteiger charge is -2.33. The third kappa shape index (κ3) is 12.5. The van der Waals surface area contributed by atoms with E-state index in [1.54, 1.807) is 26.0 Å². The van der Waals surface area contributed by atoms with Crippen LogP contribution >= 0.6 is 0 Å². The van der Waals surface area contributed by atoms with Crippen molar-refractivity contribution in [2.24, 2.45) is 10.8 Å². The fraction of sp³-hybridized carbons (Fsp3) is 0.373. The van der Waals surface area contributed by atoms with Gasteiger partial charge in [-0.25, -0.2) is 14.4 Å². The number of Topliss-reactive ketones (excluding diaryl/α,β-unsaturated/α-hetero) is 1. The lowest BCUT2D eigenvalue weighted by atomic mass is 9.72. The highest BCUT2D eigenvalue weighted by molar-refractivity contribution is 5.99. The normalized spacial score (nSPS) is 18.4. The topological polar surface area (TPSA) is 99.9 Å². The number of rotatable bonds is 13.